The van der Waals surface area contributed by atoms with Crippen LogP contribution in [-0.4, -0.2) is 24.4 Å². The molecule has 0 spiro atoms. The van der Waals surface area contributed by atoms with Crippen LogP contribution in [0, 0.1) is 0 Å². The first-order chi connectivity index (χ1) is 10.7. The van der Waals surface area contributed by atoms with Gasteiger partial charge in [-0.2, -0.15) is 5.10 Å². The molecule has 0 aromatic heterocycles. The van der Waals surface area contributed by atoms with Crippen LogP contribution in [0.3, 0.4) is 0 Å². The fourth-order valence-electron chi connectivity index (χ4n) is 1.67. The Morgan fingerprint density at radius 2 is 1.82 bits per heavy atom. The Hall–Kier alpha value is -2.73. The lowest BCUT2D eigenvalue weighted by Gasteiger charge is -2.06. The Labute approximate surface area is 134 Å². The molecular weight excluding hydrogens is 298 g/mol. The number of esters is 1. The highest BCUT2D eigenvalue weighted by Gasteiger charge is 2.03. The van der Waals surface area contributed by atoms with Gasteiger partial charge in [-0.05, 0) is 42.0 Å². The number of rotatable bonds is 4. The summed E-state index contributed by atoms with van der Waals surface area (Å²) in [5.74, 6) is -0.366. The van der Waals surface area contributed by atoms with E-state index in [-0.39, 0.29) is 5.97 Å². The third kappa shape index (κ3) is 4.68. The van der Waals surface area contributed by atoms with Gasteiger partial charge in [0, 0.05) is 5.69 Å². The Morgan fingerprint density at radius 1 is 1.14 bits per heavy atom. The monoisotopic (exact) mass is 313 g/mol. The summed E-state index contributed by atoms with van der Waals surface area (Å²) in [6, 6.07) is 16.5. The van der Waals surface area contributed by atoms with Gasteiger partial charge < -0.3 is 10.1 Å². The first kappa shape index (κ1) is 15.7. The molecule has 0 aliphatic carbocycles. The summed E-state index contributed by atoms with van der Waals surface area (Å²) >= 11 is 5.12. The smallest absolute Gasteiger partial charge is 0.337 e. The number of thiocarbonyl (C=S) groups is 1. The molecular formula is C16H15N3O2S. The van der Waals surface area contributed by atoms with Crippen LogP contribution in [-0.2, 0) is 4.74 Å². The van der Waals surface area contributed by atoms with Crippen LogP contribution >= 0.6 is 12.2 Å². The number of hydrazone groups is 1. The number of carbonyl (C=O) groups is 1. The second kappa shape index (κ2) is 7.90. The minimum atomic E-state index is -0.366. The molecule has 0 radical (unpaired) electrons. The lowest BCUT2D eigenvalue weighted by molar-refractivity contribution is 0.0601. The van der Waals surface area contributed by atoms with E-state index in [1.165, 1.54) is 7.11 Å². The molecule has 0 aliphatic rings. The quantitative estimate of drug-likeness (QED) is 0.393. The van der Waals surface area contributed by atoms with Gasteiger partial charge >= 0.3 is 5.97 Å². The molecule has 0 aliphatic heterocycles. The minimum absolute atomic E-state index is 0.366. The number of carbonyl (C=O) groups excluding carboxylic acids is 1. The maximum absolute atomic E-state index is 11.3. The maximum Gasteiger partial charge on any atom is 0.337 e. The summed E-state index contributed by atoms with van der Waals surface area (Å²) < 4.78 is 4.64. The summed E-state index contributed by atoms with van der Waals surface area (Å²) in [5, 5.41) is 7.44. The lowest BCUT2D eigenvalue weighted by atomic mass is 10.1. The number of methoxy groups -OCH3 is 1. The Morgan fingerprint density at radius 3 is 2.45 bits per heavy atom. The largest absolute Gasteiger partial charge is 0.465 e. The van der Waals surface area contributed by atoms with Crippen molar-refractivity contribution in [3.63, 3.8) is 0 Å². The van der Waals surface area contributed by atoms with E-state index >= 15 is 0 Å². The number of benzene rings is 2. The zero-order chi connectivity index (χ0) is 15.8. The van der Waals surface area contributed by atoms with Crippen molar-refractivity contribution < 1.29 is 9.53 Å². The molecule has 0 bridgehead atoms. The van der Waals surface area contributed by atoms with Gasteiger partial charge in [0.05, 0.1) is 18.9 Å². The maximum atomic E-state index is 11.3. The fraction of sp³-hybridized carbons (Fsp3) is 0.0625. The van der Waals surface area contributed by atoms with Gasteiger partial charge in [0.25, 0.3) is 0 Å². The Bertz CT molecular complexity index is 670. The van der Waals surface area contributed by atoms with Gasteiger partial charge in [-0.3, -0.25) is 5.43 Å². The SMILES string of the molecule is COC(=O)c1ccc(/C=N/NC(=S)Nc2ccccc2)cc1. The van der Waals surface area contributed by atoms with E-state index in [0.29, 0.717) is 10.7 Å². The summed E-state index contributed by atoms with van der Waals surface area (Å²) in [6.07, 6.45) is 1.61. The van der Waals surface area contributed by atoms with Gasteiger partial charge in [0.1, 0.15) is 0 Å². The lowest BCUT2D eigenvalue weighted by Crippen LogP contribution is -2.23. The van der Waals surface area contributed by atoms with Crippen molar-refractivity contribution in [1.29, 1.82) is 0 Å². The van der Waals surface area contributed by atoms with Crippen molar-refractivity contribution in [2.45, 2.75) is 0 Å². The molecule has 2 aromatic rings. The fourth-order valence-corrected chi connectivity index (χ4v) is 1.84. The second-order valence-corrected chi connectivity index (χ2v) is 4.71. The van der Waals surface area contributed by atoms with Crippen LogP contribution in [0.15, 0.2) is 59.7 Å². The Balaban J connectivity index is 1.87. The molecule has 22 heavy (non-hydrogen) atoms. The topological polar surface area (TPSA) is 62.7 Å². The number of ether oxygens (including phenoxy) is 1. The number of hydrogen-bond acceptors (Lipinski definition) is 4. The molecule has 6 heteroatoms. The molecule has 0 heterocycles. The normalized spacial score (nSPS) is 10.2. The van der Waals surface area contributed by atoms with Crippen molar-refractivity contribution in [2.24, 2.45) is 5.10 Å². The van der Waals surface area contributed by atoms with E-state index in [1.807, 2.05) is 30.3 Å². The molecule has 0 saturated heterocycles. The van der Waals surface area contributed by atoms with Crippen molar-refractivity contribution in [3.05, 3.63) is 65.7 Å². The van der Waals surface area contributed by atoms with Crippen LogP contribution in [0.1, 0.15) is 15.9 Å². The molecule has 0 fully saturated rings. The highest BCUT2D eigenvalue weighted by molar-refractivity contribution is 7.80. The van der Waals surface area contributed by atoms with E-state index in [2.05, 4.69) is 20.6 Å². The summed E-state index contributed by atoms with van der Waals surface area (Å²) in [6.45, 7) is 0. The zero-order valence-electron chi connectivity index (χ0n) is 11.9. The predicted molar refractivity (Wildman–Crippen MR) is 91.2 cm³/mol. The van der Waals surface area contributed by atoms with Crippen LogP contribution in [0.4, 0.5) is 5.69 Å². The number of nitrogens with one attached hydrogen (secondary N) is 2. The van der Waals surface area contributed by atoms with Crippen LogP contribution in [0.5, 0.6) is 0 Å². The first-order valence-electron chi connectivity index (χ1n) is 6.52. The summed E-state index contributed by atoms with van der Waals surface area (Å²) in [5.41, 5.74) is 4.94. The molecule has 0 saturated carbocycles. The van der Waals surface area contributed by atoms with E-state index in [9.17, 15) is 4.79 Å². The minimum Gasteiger partial charge on any atom is -0.465 e. The Kier molecular flexibility index (Phi) is 5.62. The molecule has 0 atom stereocenters. The predicted octanol–water partition coefficient (Wildman–Crippen LogP) is 2.79. The molecule has 112 valence electrons. The molecule has 2 rings (SSSR count). The molecule has 0 amide bonds. The molecule has 2 N–H and O–H groups in total. The van der Waals surface area contributed by atoms with E-state index in [4.69, 9.17) is 12.2 Å². The van der Waals surface area contributed by atoms with Crippen molar-refractivity contribution in [1.82, 2.24) is 5.43 Å². The third-order valence-corrected chi connectivity index (χ3v) is 2.94. The zero-order valence-corrected chi connectivity index (χ0v) is 12.8. The van der Waals surface area contributed by atoms with Gasteiger partial charge in [-0.25, -0.2) is 4.79 Å². The summed E-state index contributed by atoms with van der Waals surface area (Å²) in [7, 11) is 1.35. The highest BCUT2D eigenvalue weighted by Crippen LogP contribution is 2.05. The van der Waals surface area contributed by atoms with E-state index in [0.717, 1.165) is 11.3 Å². The molecule has 0 unspecified atom stereocenters. The average molecular weight is 313 g/mol. The number of nitrogens with zero attached hydrogens (tertiary/aromatic N) is 1. The number of anilines is 1. The second-order valence-electron chi connectivity index (χ2n) is 4.30. The van der Waals surface area contributed by atoms with Crippen molar-refractivity contribution in [2.75, 3.05) is 12.4 Å². The van der Waals surface area contributed by atoms with E-state index in [1.54, 1.807) is 30.5 Å². The molecule has 5 nitrogen and oxygen atoms in total. The van der Waals surface area contributed by atoms with Gasteiger partial charge in [0.2, 0.25) is 0 Å². The van der Waals surface area contributed by atoms with E-state index < -0.39 is 0 Å². The van der Waals surface area contributed by atoms with Crippen molar-refractivity contribution >= 4 is 35.2 Å². The number of para-hydroxylation sites is 1. The van der Waals surface area contributed by atoms with Crippen LogP contribution in [0.2, 0.25) is 0 Å². The summed E-state index contributed by atoms with van der Waals surface area (Å²) in [4.78, 5) is 11.3. The van der Waals surface area contributed by atoms with Gasteiger partial charge in [0.15, 0.2) is 5.11 Å². The van der Waals surface area contributed by atoms with Gasteiger partial charge in [-0.1, -0.05) is 30.3 Å². The first-order valence-corrected chi connectivity index (χ1v) is 6.93. The van der Waals surface area contributed by atoms with Gasteiger partial charge in [-0.15, -0.1) is 0 Å². The highest BCUT2D eigenvalue weighted by atomic mass is 32.1. The van der Waals surface area contributed by atoms with Crippen LogP contribution in [0.25, 0.3) is 0 Å². The third-order valence-electron chi connectivity index (χ3n) is 2.74. The van der Waals surface area contributed by atoms with Crippen LogP contribution < -0.4 is 10.7 Å². The average Bonchev–Trinajstić information content (AvgIpc) is 2.55. The number of hydrogen-bond donors (Lipinski definition) is 2. The molecule has 2 aromatic carbocycles. The van der Waals surface area contributed by atoms with Crippen molar-refractivity contribution in [3.8, 4) is 0 Å². The standard InChI is InChI=1S/C16H15N3O2S/c1-21-15(20)13-9-7-12(8-10-13)11-17-19-16(22)18-14-5-3-2-4-6-14/h2-11H,1H3,(H2,18,19,22)/b17-11+.